The van der Waals surface area contributed by atoms with Gasteiger partial charge in [-0.3, -0.25) is 10.4 Å². The van der Waals surface area contributed by atoms with Crippen LogP contribution in [0.15, 0.2) is 48.8 Å². The Kier molecular flexibility index (Phi) is 4.58. The Hall–Kier alpha value is -2.27. The van der Waals surface area contributed by atoms with Crippen molar-refractivity contribution in [1.82, 2.24) is 10.4 Å². The molecule has 1 heterocycles. The van der Waals surface area contributed by atoms with Gasteiger partial charge in [0.15, 0.2) is 0 Å². The third kappa shape index (κ3) is 4.15. The topological polar surface area (TPSA) is 63.2 Å². The second-order valence-electron chi connectivity index (χ2n) is 3.67. The average molecular weight is 278 g/mol. The van der Waals surface area contributed by atoms with E-state index in [1.165, 1.54) is 6.20 Å². The number of hydrogen-bond donors (Lipinski definition) is 2. The van der Waals surface area contributed by atoms with E-state index in [-0.39, 0.29) is 6.61 Å². The molecule has 0 atom stereocenters. The van der Waals surface area contributed by atoms with E-state index in [9.17, 15) is 4.79 Å². The molecule has 2 rings (SSSR count). The molecule has 0 saturated heterocycles. The summed E-state index contributed by atoms with van der Waals surface area (Å²) >= 11 is 5.89. The highest BCUT2D eigenvalue weighted by Gasteiger charge is 2.04. The molecule has 98 valence electrons. The molecule has 0 fully saturated rings. The van der Waals surface area contributed by atoms with E-state index in [1.807, 2.05) is 30.3 Å². The molecule has 2 aromatic rings. The van der Waals surface area contributed by atoms with Gasteiger partial charge >= 0.3 is 6.09 Å². The Bertz CT molecular complexity index is 549. The van der Waals surface area contributed by atoms with Crippen LogP contribution in [0.2, 0.25) is 5.02 Å². The Morgan fingerprint density at radius 3 is 2.79 bits per heavy atom. The zero-order chi connectivity index (χ0) is 13.5. The third-order valence-corrected chi connectivity index (χ3v) is 2.61. The van der Waals surface area contributed by atoms with Crippen molar-refractivity contribution in [3.8, 4) is 0 Å². The predicted octanol–water partition coefficient (Wildman–Crippen LogP) is 2.99. The van der Waals surface area contributed by atoms with Crippen molar-refractivity contribution in [3.05, 3.63) is 59.4 Å². The number of pyridine rings is 1. The quantitative estimate of drug-likeness (QED) is 0.844. The smallest absolute Gasteiger partial charge is 0.426 e. The second-order valence-corrected chi connectivity index (χ2v) is 4.07. The molecular formula is C13H12ClN3O2. The lowest BCUT2D eigenvalue weighted by Gasteiger charge is -2.09. The highest BCUT2D eigenvalue weighted by molar-refractivity contribution is 6.33. The molecule has 0 saturated carbocycles. The number of aromatic nitrogens is 1. The van der Waals surface area contributed by atoms with Gasteiger partial charge in [0.1, 0.15) is 6.61 Å². The van der Waals surface area contributed by atoms with Gasteiger partial charge in [-0.05, 0) is 11.6 Å². The number of ether oxygens (including phenoxy) is 1. The molecule has 5 nitrogen and oxygen atoms in total. The van der Waals surface area contributed by atoms with Gasteiger partial charge in [0.05, 0.1) is 16.9 Å². The van der Waals surface area contributed by atoms with Gasteiger partial charge in [0, 0.05) is 6.20 Å². The van der Waals surface area contributed by atoms with Gasteiger partial charge in [-0.25, -0.2) is 10.2 Å². The summed E-state index contributed by atoms with van der Waals surface area (Å²) in [5.41, 5.74) is 6.42. The summed E-state index contributed by atoms with van der Waals surface area (Å²) in [6.45, 7) is 0.203. The first-order valence-electron chi connectivity index (χ1n) is 5.58. The molecular weight excluding hydrogens is 266 g/mol. The van der Waals surface area contributed by atoms with Crippen LogP contribution in [0.3, 0.4) is 0 Å². The number of benzene rings is 1. The monoisotopic (exact) mass is 277 g/mol. The number of rotatable bonds is 4. The van der Waals surface area contributed by atoms with E-state index in [1.54, 1.807) is 12.3 Å². The standard InChI is InChI=1S/C13H12ClN3O2/c14-11-6-7-15-8-12(11)16-17-13(18)19-9-10-4-2-1-3-5-10/h1-8,16H,9H2,(H,17,18). The van der Waals surface area contributed by atoms with E-state index in [0.717, 1.165) is 5.56 Å². The van der Waals surface area contributed by atoms with Gasteiger partial charge in [-0.1, -0.05) is 41.9 Å². The van der Waals surface area contributed by atoms with Gasteiger partial charge in [0.25, 0.3) is 0 Å². The summed E-state index contributed by atoms with van der Waals surface area (Å²) in [5.74, 6) is 0. The lowest BCUT2D eigenvalue weighted by Crippen LogP contribution is -2.30. The molecule has 0 aliphatic carbocycles. The number of carbonyl (C=O) groups excluding carboxylic acids is 1. The first-order valence-corrected chi connectivity index (χ1v) is 5.96. The molecule has 19 heavy (non-hydrogen) atoms. The van der Waals surface area contributed by atoms with E-state index < -0.39 is 6.09 Å². The summed E-state index contributed by atoms with van der Waals surface area (Å²) < 4.78 is 5.01. The third-order valence-electron chi connectivity index (χ3n) is 2.28. The summed E-state index contributed by atoms with van der Waals surface area (Å²) in [6.07, 6.45) is 2.46. The van der Waals surface area contributed by atoms with Gasteiger partial charge in [-0.15, -0.1) is 0 Å². The number of halogens is 1. The molecule has 0 spiro atoms. The van der Waals surface area contributed by atoms with E-state index in [0.29, 0.717) is 10.7 Å². The molecule has 6 heteroatoms. The Balaban J connectivity index is 1.78. The normalized spacial score (nSPS) is 9.74. The zero-order valence-electron chi connectivity index (χ0n) is 9.97. The number of amides is 1. The molecule has 2 N–H and O–H groups in total. The van der Waals surface area contributed by atoms with Crippen LogP contribution in [-0.4, -0.2) is 11.1 Å². The summed E-state index contributed by atoms with van der Waals surface area (Å²) in [7, 11) is 0. The van der Waals surface area contributed by atoms with Crippen molar-refractivity contribution in [2.45, 2.75) is 6.61 Å². The van der Waals surface area contributed by atoms with E-state index in [4.69, 9.17) is 16.3 Å². The van der Waals surface area contributed by atoms with Crippen molar-refractivity contribution < 1.29 is 9.53 Å². The molecule has 0 unspecified atom stereocenters. The second kappa shape index (κ2) is 6.61. The fourth-order valence-electron chi connectivity index (χ4n) is 1.35. The molecule has 0 aliphatic heterocycles. The lowest BCUT2D eigenvalue weighted by molar-refractivity contribution is 0.142. The fraction of sp³-hybridized carbons (Fsp3) is 0.0769. The minimum atomic E-state index is -0.594. The molecule has 1 aromatic carbocycles. The van der Waals surface area contributed by atoms with Crippen molar-refractivity contribution in [3.63, 3.8) is 0 Å². The maximum absolute atomic E-state index is 11.4. The number of nitrogens with zero attached hydrogens (tertiary/aromatic N) is 1. The van der Waals surface area contributed by atoms with Crippen LogP contribution in [0, 0.1) is 0 Å². The number of carbonyl (C=O) groups is 1. The maximum Gasteiger partial charge on any atom is 0.426 e. The SMILES string of the molecule is O=C(NNc1cnccc1Cl)OCc1ccccc1. The van der Waals surface area contributed by atoms with Crippen LogP contribution in [0.1, 0.15) is 5.56 Å². The Morgan fingerprint density at radius 1 is 1.26 bits per heavy atom. The zero-order valence-corrected chi connectivity index (χ0v) is 10.7. The lowest BCUT2D eigenvalue weighted by atomic mass is 10.2. The van der Waals surface area contributed by atoms with Crippen LogP contribution >= 0.6 is 11.6 Å². The molecule has 1 amide bonds. The first-order chi connectivity index (χ1) is 9.25. The molecule has 0 radical (unpaired) electrons. The van der Waals surface area contributed by atoms with Crippen molar-refractivity contribution in [2.24, 2.45) is 0 Å². The Labute approximate surface area is 115 Å². The summed E-state index contributed by atoms with van der Waals surface area (Å²) in [6, 6.07) is 11.0. The van der Waals surface area contributed by atoms with E-state index in [2.05, 4.69) is 15.8 Å². The fourth-order valence-corrected chi connectivity index (χ4v) is 1.50. The molecule has 0 aliphatic rings. The van der Waals surface area contributed by atoms with Crippen molar-refractivity contribution in [2.75, 3.05) is 5.43 Å². The number of hydrazine groups is 1. The predicted molar refractivity (Wildman–Crippen MR) is 72.6 cm³/mol. The van der Waals surface area contributed by atoms with Crippen LogP contribution in [-0.2, 0) is 11.3 Å². The molecule has 0 bridgehead atoms. The number of anilines is 1. The average Bonchev–Trinajstić information content (AvgIpc) is 2.45. The van der Waals surface area contributed by atoms with Crippen molar-refractivity contribution in [1.29, 1.82) is 0 Å². The highest BCUT2D eigenvalue weighted by atomic mass is 35.5. The summed E-state index contributed by atoms with van der Waals surface area (Å²) in [4.78, 5) is 15.3. The molecule has 1 aromatic heterocycles. The summed E-state index contributed by atoms with van der Waals surface area (Å²) in [5, 5.41) is 0.457. The van der Waals surface area contributed by atoms with Gasteiger partial charge in [-0.2, -0.15) is 0 Å². The minimum Gasteiger partial charge on any atom is -0.443 e. The highest BCUT2D eigenvalue weighted by Crippen LogP contribution is 2.17. The van der Waals surface area contributed by atoms with Gasteiger partial charge in [0.2, 0.25) is 0 Å². The van der Waals surface area contributed by atoms with Gasteiger partial charge < -0.3 is 4.74 Å². The number of nitrogens with one attached hydrogen (secondary N) is 2. The largest absolute Gasteiger partial charge is 0.443 e. The van der Waals surface area contributed by atoms with Crippen LogP contribution in [0.4, 0.5) is 10.5 Å². The minimum absolute atomic E-state index is 0.203. The van der Waals surface area contributed by atoms with Crippen LogP contribution in [0.25, 0.3) is 0 Å². The first kappa shape index (κ1) is 13.2. The van der Waals surface area contributed by atoms with Crippen molar-refractivity contribution >= 4 is 23.4 Å². The van der Waals surface area contributed by atoms with E-state index >= 15 is 0 Å². The Morgan fingerprint density at radius 2 is 2.05 bits per heavy atom. The van der Waals surface area contributed by atoms with Crippen LogP contribution < -0.4 is 10.9 Å². The maximum atomic E-state index is 11.4. The number of hydrogen-bond acceptors (Lipinski definition) is 4. The van der Waals surface area contributed by atoms with Crippen LogP contribution in [0.5, 0.6) is 0 Å².